The van der Waals surface area contributed by atoms with E-state index >= 15 is 0 Å². The summed E-state index contributed by atoms with van der Waals surface area (Å²) in [5, 5.41) is 3.05. The van der Waals surface area contributed by atoms with Gasteiger partial charge >= 0.3 is 0 Å². The van der Waals surface area contributed by atoms with Crippen LogP contribution < -0.4 is 5.32 Å². The lowest BCUT2D eigenvalue weighted by molar-refractivity contribution is 0.0912. The van der Waals surface area contributed by atoms with E-state index in [9.17, 15) is 4.79 Å². The van der Waals surface area contributed by atoms with Gasteiger partial charge in [0.25, 0.3) is 5.91 Å². The molecule has 1 amide bonds. The lowest BCUT2D eigenvalue weighted by Crippen LogP contribution is -2.45. The van der Waals surface area contributed by atoms with Gasteiger partial charge in [0, 0.05) is 11.4 Å². The minimum absolute atomic E-state index is 0.102. The zero-order chi connectivity index (χ0) is 14.6. The monoisotopic (exact) mass is 287 g/mol. The fraction of sp³-hybridized carbons (Fsp3) is 0.235. The number of rotatable bonds is 4. The van der Waals surface area contributed by atoms with Crippen LogP contribution >= 0.6 is 11.6 Å². The van der Waals surface area contributed by atoms with Gasteiger partial charge in [0.2, 0.25) is 0 Å². The molecule has 0 fully saturated rings. The molecule has 20 heavy (non-hydrogen) atoms. The third-order valence-electron chi connectivity index (χ3n) is 3.46. The minimum Gasteiger partial charge on any atom is -0.342 e. The molecule has 2 nitrogen and oxygen atoms in total. The standard InChI is InChI=1S/C17H18ClNO/c1-13-8-6-7-11-15(13)16(20)19-17(2,12-18)14-9-4-3-5-10-14/h3-11H,12H2,1-2H3,(H,19,20). The number of benzene rings is 2. The van der Waals surface area contributed by atoms with Crippen LogP contribution in [0.1, 0.15) is 28.4 Å². The summed E-state index contributed by atoms with van der Waals surface area (Å²) < 4.78 is 0. The first-order valence-corrected chi connectivity index (χ1v) is 7.10. The maximum Gasteiger partial charge on any atom is 0.252 e. The third-order valence-corrected chi connectivity index (χ3v) is 3.99. The second-order valence-corrected chi connectivity index (χ2v) is 5.37. The summed E-state index contributed by atoms with van der Waals surface area (Å²) in [4.78, 5) is 12.4. The van der Waals surface area contributed by atoms with E-state index < -0.39 is 5.54 Å². The number of hydrogen-bond acceptors (Lipinski definition) is 1. The van der Waals surface area contributed by atoms with E-state index in [1.165, 1.54) is 0 Å². The Kier molecular flexibility index (Phi) is 4.46. The van der Waals surface area contributed by atoms with Crippen LogP contribution in [0, 0.1) is 6.92 Å². The Morgan fingerprint density at radius 3 is 2.30 bits per heavy atom. The van der Waals surface area contributed by atoms with Crippen LogP contribution in [0.4, 0.5) is 0 Å². The van der Waals surface area contributed by atoms with Crippen LogP contribution in [0.2, 0.25) is 0 Å². The lowest BCUT2D eigenvalue weighted by atomic mass is 9.93. The number of alkyl halides is 1. The van der Waals surface area contributed by atoms with Gasteiger partial charge in [-0.1, -0.05) is 48.5 Å². The molecule has 2 rings (SSSR count). The van der Waals surface area contributed by atoms with E-state index in [4.69, 9.17) is 11.6 Å². The van der Waals surface area contributed by atoms with Gasteiger partial charge < -0.3 is 5.32 Å². The van der Waals surface area contributed by atoms with E-state index in [0.717, 1.165) is 11.1 Å². The molecule has 2 aromatic rings. The van der Waals surface area contributed by atoms with E-state index in [0.29, 0.717) is 11.4 Å². The highest BCUT2D eigenvalue weighted by Crippen LogP contribution is 2.23. The summed E-state index contributed by atoms with van der Waals surface area (Å²) >= 11 is 6.10. The average molecular weight is 288 g/mol. The second-order valence-electron chi connectivity index (χ2n) is 5.10. The van der Waals surface area contributed by atoms with Gasteiger partial charge in [-0.3, -0.25) is 4.79 Å². The number of aryl methyl sites for hydroxylation is 1. The molecule has 1 unspecified atom stereocenters. The summed E-state index contributed by atoms with van der Waals surface area (Å²) in [7, 11) is 0. The quantitative estimate of drug-likeness (QED) is 0.850. The van der Waals surface area contributed by atoms with E-state index in [2.05, 4.69) is 5.32 Å². The molecule has 104 valence electrons. The normalized spacial score (nSPS) is 13.6. The van der Waals surface area contributed by atoms with Crippen molar-refractivity contribution in [1.29, 1.82) is 0 Å². The zero-order valence-corrected chi connectivity index (χ0v) is 12.4. The Labute approximate surface area is 124 Å². The predicted octanol–water partition coefficient (Wildman–Crippen LogP) is 3.88. The molecule has 0 aliphatic heterocycles. The topological polar surface area (TPSA) is 29.1 Å². The molecule has 0 saturated carbocycles. The summed E-state index contributed by atoms with van der Waals surface area (Å²) in [6.07, 6.45) is 0. The highest BCUT2D eigenvalue weighted by atomic mass is 35.5. The third kappa shape index (κ3) is 3.02. The Bertz CT molecular complexity index is 597. The van der Waals surface area contributed by atoms with Gasteiger partial charge in [0.15, 0.2) is 0 Å². The van der Waals surface area contributed by atoms with E-state index in [1.807, 2.05) is 68.4 Å². The molecule has 1 N–H and O–H groups in total. The van der Waals surface area contributed by atoms with Crippen molar-refractivity contribution in [2.75, 3.05) is 5.88 Å². The summed E-state index contributed by atoms with van der Waals surface area (Å²) in [6.45, 7) is 3.86. The Balaban J connectivity index is 2.27. The highest BCUT2D eigenvalue weighted by Gasteiger charge is 2.28. The molecule has 0 radical (unpaired) electrons. The van der Waals surface area contributed by atoms with Crippen molar-refractivity contribution in [2.45, 2.75) is 19.4 Å². The van der Waals surface area contributed by atoms with Gasteiger partial charge in [-0.15, -0.1) is 11.6 Å². The van der Waals surface area contributed by atoms with Crippen molar-refractivity contribution in [3.05, 3.63) is 71.3 Å². The largest absolute Gasteiger partial charge is 0.342 e. The Morgan fingerprint density at radius 2 is 1.70 bits per heavy atom. The Morgan fingerprint density at radius 1 is 1.10 bits per heavy atom. The molecule has 0 heterocycles. The van der Waals surface area contributed by atoms with Crippen LogP contribution in [0.15, 0.2) is 54.6 Å². The number of carbonyl (C=O) groups excluding carboxylic acids is 1. The first kappa shape index (κ1) is 14.6. The van der Waals surface area contributed by atoms with Crippen molar-refractivity contribution in [1.82, 2.24) is 5.32 Å². The van der Waals surface area contributed by atoms with Gasteiger partial charge in [0.1, 0.15) is 0 Å². The molecule has 3 heteroatoms. The van der Waals surface area contributed by atoms with E-state index in [1.54, 1.807) is 0 Å². The van der Waals surface area contributed by atoms with Crippen LogP contribution in [0.5, 0.6) is 0 Å². The molecule has 2 aromatic carbocycles. The van der Waals surface area contributed by atoms with Crippen molar-refractivity contribution in [2.24, 2.45) is 0 Å². The summed E-state index contributed by atoms with van der Waals surface area (Å²) in [6, 6.07) is 17.3. The maximum atomic E-state index is 12.4. The molecule has 0 bridgehead atoms. The van der Waals surface area contributed by atoms with Gasteiger partial charge in [0.05, 0.1) is 5.54 Å². The van der Waals surface area contributed by atoms with Gasteiger partial charge in [-0.05, 0) is 31.0 Å². The number of hydrogen-bond donors (Lipinski definition) is 1. The molecule has 0 aliphatic rings. The minimum atomic E-state index is -0.581. The SMILES string of the molecule is Cc1ccccc1C(=O)NC(C)(CCl)c1ccccc1. The van der Waals surface area contributed by atoms with Crippen LogP contribution in [-0.4, -0.2) is 11.8 Å². The van der Waals surface area contributed by atoms with Crippen LogP contribution in [-0.2, 0) is 5.54 Å². The fourth-order valence-corrected chi connectivity index (χ4v) is 2.36. The van der Waals surface area contributed by atoms with Crippen molar-refractivity contribution in [3.63, 3.8) is 0 Å². The number of amides is 1. The van der Waals surface area contributed by atoms with Crippen LogP contribution in [0.3, 0.4) is 0 Å². The second kappa shape index (κ2) is 6.10. The molecule has 0 aromatic heterocycles. The van der Waals surface area contributed by atoms with Crippen molar-refractivity contribution in [3.8, 4) is 0 Å². The fourth-order valence-electron chi connectivity index (χ4n) is 2.13. The molecule has 0 aliphatic carbocycles. The Hall–Kier alpha value is -1.80. The lowest BCUT2D eigenvalue weighted by Gasteiger charge is -2.29. The summed E-state index contributed by atoms with van der Waals surface area (Å²) in [5.74, 6) is 0.212. The van der Waals surface area contributed by atoms with Gasteiger partial charge in [-0.25, -0.2) is 0 Å². The maximum absolute atomic E-state index is 12.4. The number of nitrogens with one attached hydrogen (secondary N) is 1. The molecule has 1 atom stereocenters. The smallest absolute Gasteiger partial charge is 0.252 e. The van der Waals surface area contributed by atoms with E-state index in [-0.39, 0.29) is 5.91 Å². The molecule has 0 spiro atoms. The molecular weight excluding hydrogens is 270 g/mol. The number of carbonyl (C=O) groups is 1. The van der Waals surface area contributed by atoms with Crippen molar-refractivity contribution < 1.29 is 4.79 Å². The van der Waals surface area contributed by atoms with Crippen molar-refractivity contribution >= 4 is 17.5 Å². The molecule has 0 saturated heterocycles. The van der Waals surface area contributed by atoms with Gasteiger partial charge in [-0.2, -0.15) is 0 Å². The first-order valence-electron chi connectivity index (χ1n) is 6.56. The first-order chi connectivity index (χ1) is 9.57. The zero-order valence-electron chi connectivity index (χ0n) is 11.7. The van der Waals surface area contributed by atoms with Crippen LogP contribution in [0.25, 0.3) is 0 Å². The number of halogens is 1. The predicted molar refractivity (Wildman–Crippen MR) is 83.2 cm³/mol. The average Bonchev–Trinajstić information content (AvgIpc) is 2.48. The summed E-state index contributed by atoms with van der Waals surface area (Å²) in [5.41, 5.74) is 2.05. The molecular formula is C17H18ClNO. The highest BCUT2D eigenvalue weighted by molar-refractivity contribution is 6.19.